The second kappa shape index (κ2) is 4.83. The molecule has 0 fully saturated rings. The fourth-order valence-electron chi connectivity index (χ4n) is 1.78. The Morgan fingerprint density at radius 2 is 1.90 bits per heavy atom. The molecule has 0 amide bonds. The lowest BCUT2D eigenvalue weighted by molar-refractivity contribution is -0.384. The van der Waals surface area contributed by atoms with Crippen LogP contribution >= 0.6 is 0 Å². The van der Waals surface area contributed by atoms with E-state index in [4.69, 9.17) is 5.73 Å². The number of rotatable bonds is 3. The molecule has 1 aromatic heterocycles. The molecule has 0 spiro atoms. The first kappa shape index (κ1) is 13.8. The van der Waals surface area contributed by atoms with Gasteiger partial charge in [-0.25, -0.2) is 17.9 Å². The first-order valence-electron chi connectivity index (χ1n) is 5.42. The summed E-state index contributed by atoms with van der Waals surface area (Å²) in [6.07, 6.45) is 0. The number of aryl methyl sites for hydroxylation is 1. The highest BCUT2D eigenvalue weighted by atomic mass is 19.2. The molecule has 1 aromatic carbocycles. The van der Waals surface area contributed by atoms with E-state index in [2.05, 4.69) is 5.10 Å². The number of aromatic nitrogens is 2. The number of hydrogen-bond donors (Lipinski definition) is 1. The fourth-order valence-corrected chi connectivity index (χ4v) is 1.78. The lowest BCUT2D eigenvalue weighted by Crippen LogP contribution is -2.09. The van der Waals surface area contributed by atoms with Gasteiger partial charge in [0.05, 0.1) is 11.5 Å². The summed E-state index contributed by atoms with van der Waals surface area (Å²) in [7, 11) is 0. The zero-order valence-corrected chi connectivity index (χ0v) is 10.2. The average molecular weight is 286 g/mol. The Bertz CT molecular complexity index is 699. The third kappa shape index (κ3) is 2.29. The van der Waals surface area contributed by atoms with Gasteiger partial charge in [0, 0.05) is 11.6 Å². The number of hydrogen-bond acceptors (Lipinski definition) is 4. The molecule has 2 aromatic rings. The zero-order valence-electron chi connectivity index (χ0n) is 10.2. The Hall–Kier alpha value is -2.58. The van der Waals surface area contributed by atoms with E-state index in [9.17, 15) is 23.3 Å². The first-order chi connectivity index (χ1) is 9.31. The minimum atomic E-state index is -1.32. The summed E-state index contributed by atoms with van der Waals surface area (Å²) in [5.41, 5.74) is 4.98. The van der Waals surface area contributed by atoms with Gasteiger partial charge in [0.25, 0.3) is 0 Å². The quantitative estimate of drug-likeness (QED) is 0.532. The Morgan fingerprint density at radius 3 is 2.45 bits per heavy atom. The van der Waals surface area contributed by atoms with Crippen molar-refractivity contribution < 1.29 is 18.1 Å². The van der Waals surface area contributed by atoms with E-state index in [1.54, 1.807) is 0 Å². The lowest BCUT2D eigenvalue weighted by Gasteiger charge is -2.05. The first-order valence-corrected chi connectivity index (χ1v) is 5.42. The van der Waals surface area contributed by atoms with Crippen molar-refractivity contribution in [3.63, 3.8) is 0 Å². The fraction of sp³-hybridized carbons (Fsp3) is 0.182. The minimum Gasteiger partial charge on any atom is -0.378 e. The second-order valence-electron chi connectivity index (χ2n) is 4.09. The van der Waals surface area contributed by atoms with Crippen LogP contribution in [0.25, 0.3) is 0 Å². The van der Waals surface area contributed by atoms with Crippen LogP contribution in [0.2, 0.25) is 0 Å². The highest BCUT2D eigenvalue weighted by Gasteiger charge is 2.23. The average Bonchev–Trinajstić information content (AvgIpc) is 2.61. The van der Waals surface area contributed by atoms with E-state index >= 15 is 0 Å². The predicted octanol–water partition coefficient (Wildman–Crippen LogP) is 2.15. The summed E-state index contributed by atoms with van der Waals surface area (Å²) in [6.45, 7) is 1.02. The molecule has 0 unspecified atom stereocenters. The molecule has 2 N–H and O–H groups in total. The number of nitro groups is 1. The highest BCUT2D eigenvalue weighted by molar-refractivity contribution is 5.56. The molecule has 9 heteroatoms. The predicted molar refractivity (Wildman–Crippen MR) is 63.4 cm³/mol. The SMILES string of the molecule is Cc1nn(Cc2cc(F)c(F)cc2F)c(N)c1[N+](=O)[O-]. The van der Waals surface area contributed by atoms with Gasteiger partial charge < -0.3 is 5.73 Å². The third-order valence-corrected chi connectivity index (χ3v) is 2.73. The Morgan fingerprint density at radius 1 is 1.30 bits per heavy atom. The van der Waals surface area contributed by atoms with Crippen molar-refractivity contribution in [2.45, 2.75) is 13.5 Å². The molecule has 20 heavy (non-hydrogen) atoms. The number of nitrogen functional groups attached to an aromatic ring is 1. The molecule has 0 aliphatic carbocycles. The van der Waals surface area contributed by atoms with Gasteiger partial charge in [-0.15, -0.1) is 0 Å². The van der Waals surface area contributed by atoms with Crippen LogP contribution in [0, 0.1) is 34.5 Å². The molecule has 0 saturated heterocycles. The van der Waals surface area contributed by atoms with Gasteiger partial charge in [0.2, 0.25) is 5.82 Å². The summed E-state index contributed by atoms with van der Waals surface area (Å²) in [5.74, 6) is -3.81. The van der Waals surface area contributed by atoms with Crippen molar-refractivity contribution in [1.29, 1.82) is 0 Å². The number of benzene rings is 1. The van der Waals surface area contributed by atoms with Crippen LogP contribution in [-0.2, 0) is 6.54 Å². The molecule has 106 valence electrons. The summed E-state index contributed by atoms with van der Waals surface area (Å²) < 4.78 is 40.3. The number of halogens is 3. The van der Waals surface area contributed by atoms with Crippen molar-refractivity contribution in [1.82, 2.24) is 9.78 Å². The van der Waals surface area contributed by atoms with Crippen LogP contribution in [0.4, 0.5) is 24.7 Å². The highest BCUT2D eigenvalue weighted by Crippen LogP contribution is 2.26. The molecular weight excluding hydrogens is 277 g/mol. The van der Waals surface area contributed by atoms with E-state index in [1.807, 2.05) is 0 Å². The van der Waals surface area contributed by atoms with Crippen LogP contribution < -0.4 is 5.73 Å². The number of nitrogens with two attached hydrogens (primary N) is 1. The normalized spacial score (nSPS) is 10.8. The smallest absolute Gasteiger partial charge is 0.333 e. The van der Waals surface area contributed by atoms with Gasteiger partial charge in [-0.2, -0.15) is 5.10 Å². The molecule has 0 bridgehead atoms. The van der Waals surface area contributed by atoms with Crippen LogP contribution in [0.5, 0.6) is 0 Å². The third-order valence-electron chi connectivity index (χ3n) is 2.73. The molecule has 0 aliphatic heterocycles. The maximum Gasteiger partial charge on any atom is 0.333 e. The van der Waals surface area contributed by atoms with Crippen molar-refractivity contribution >= 4 is 11.5 Å². The number of anilines is 1. The van der Waals surface area contributed by atoms with Gasteiger partial charge in [0.15, 0.2) is 11.6 Å². The lowest BCUT2D eigenvalue weighted by atomic mass is 10.2. The molecule has 2 rings (SSSR count). The van der Waals surface area contributed by atoms with Crippen LogP contribution in [0.1, 0.15) is 11.3 Å². The van der Waals surface area contributed by atoms with Crippen LogP contribution in [0.3, 0.4) is 0 Å². The monoisotopic (exact) mass is 286 g/mol. The number of nitrogens with zero attached hydrogens (tertiary/aromatic N) is 3. The Balaban J connectivity index is 2.43. The van der Waals surface area contributed by atoms with E-state index in [0.29, 0.717) is 12.1 Å². The minimum absolute atomic E-state index is 0.0514. The summed E-state index contributed by atoms with van der Waals surface area (Å²) >= 11 is 0. The Kier molecular flexibility index (Phi) is 3.35. The van der Waals surface area contributed by atoms with E-state index in [0.717, 1.165) is 4.68 Å². The van der Waals surface area contributed by atoms with Gasteiger partial charge in [-0.1, -0.05) is 0 Å². The molecule has 1 heterocycles. The van der Waals surface area contributed by atoms with Crippen LogP contribution in [-0.4, -0.2) is 14.7 Å². The molecule has 0 atom stereocenters. The van der Waals surface area contributed by atoms with E-state index in [-0.39, 0.29) is 23.6 Å². The van der Waals surface area contributed by atoms with Crippen LogP contribution in [0.15, 0.2) is 12.1 Å². The molecule has 0 aliphatic rings. The second-order valence-corrected chi connectivity index (χ2v) is 4.09. The van der Waals surface area contributed by atoms with Gasteiger partial charge in [-0.05, 0) is 13.0 Å². The zero-order chi connectivity index (χ0) is 15.0. The maximum absolute atomic E-state index is 13.5. The molecular formula is C11H9F3N4O2. The van der Waals surface area contributed by atoms with E-state index in [1.165, 1.54) is 6.92 Å². The Labute approximate surface area is 110 Å². The van der Waals surface area contributed by atoms with Gasteiger partial charge in [-0.3, -0.25) is 10.1 Å². The summed E-state index contributed by atoms with van der Waals surface area (Å²) in [5, 5.41) is 14.5. The standard InChI is InChI=1S/C11H9F3N4O2/c1-5-10(18(19)20)11(15)17(16-5)4-6-2-8(13)9(14)3-7(6)12/h2-3H,4,15H2,1H3. The van der Waals surface area contributed by atoms with Crippen molar-refractivity contribution in [2.75, 3.05) is 5.73 Å². The molecule has 0 saturated carbocycles. The van der Waals surface area contributed by atoms with Crippen molar-refractivity contribution in [3.8, 4) is 0 Å². The topological polar surface area (TPSA) is 87.0 Å². The van der Waals surface area contributed by atoms with E-state index < -0.39 is 28.1 Å². The maximum atomic E-state index is 13.5. The largest absolute Gasteiger partial charge is 0.378 e. The molecule has 0 radical (unpaired) electrons. The van der Waals surface area contributed by atoms with Crippen molar-refractivity contribution in [2.24, 2.45) is 0 Å². The summed E-state index contributed by atoms with van der Waals surface area (Å²) in [6, 6.07) is 1.05. The van der Waals surface area contributed by atoms with Gasteiger partial charge >= 0.3 is 5.69 Å². The van der Waals surface area contributed by atoms with Crippen molar-refractivity contribution in [3.05, 3.63) is 51.0 Å². The summed E-state index contributed by atoms with van der Waals surface area (Å²) in [4.78, 5) is 10.1. The molecule has 6 nitrogen and oxygen atoms in total. The van der Waals surface area contributed by atoms with Gasteiger partial charge in [0.1, 0.15) is 11.5 Å².